The van der Waals surface area contributed by atoms with Crippen LogP contribution < -0.4 is 0 Å². The highest BCUT2D eigenvalue weighted by Gasteiger charge is 2.24. The lowest BCUT2D eigenvalue weighted by Crippen LogP contribution is -2.48. The van der Waals surface area contributed by atoms with Crippen LogP contribution in [0.3, 0.4) is 0 Å². The summed E-state index contributed by atoms with van der Waals surface area (Å²) in [5, 5.41) is 0.888. The van der Waals surface area contributed by atoms with Gasteiger partial charge in [0.2, 0.25) is 0 Å². The maximum Gasteiger partial charge on any atom is 0.254 e. The van der Waals surface area contributed by atoms with E-state index in [0.29, 0.717) is 18.7 Å². The number of carbonyl (C=O) groups is 1. The number of piperazine rings is 1. The quantitative estimate of drug-likeness (QED) is 0.515. The lowest BCUT2D eigenvalue weighted by Gasteiger charge is -2.35. The summed E-state index contributed by atoms with van der Waals surface area (Å²) in [6.07, 6.45) is 7.16. The van der Waals surface area contributed by atoms with Crippen molar-refractivity contribution in [1.82, 2.24) is 24.8 Å². The van der Waals surface area contributed by atoms with Crippen molar-refractivity contribution in [1.29, 1.82) is 0 Å². The number of rotatable bonds is 4. The van der Waals surface area contributed by atoms with Crippen molar-refractivity contribution < 1.29 is 4.79 Å². The third kappa shape index (κ3) is 4.15. The lowest BCUT2D eigenvalue weighted by atomic mass is 10.0. The highest BCUT2D eigenvalue weighted by Crippen LogP contribution is 2.26. The molecule has 0 N–H and O–H groups in total. The molecule has 31 heavy (non-hydrogen) atoms. The number of para-hydroxylation sites is 1. The molecule has 4 heterocycles. The molecule has 1 amide bonds. The smallest absolute Gasteiger partial charge is 0.254 e. The molecule has 0 unspecified atom stereocenters. The zero-order chi connectivity index (χ0) is 21.0. The van der Waals surface area contributed by atoms with Crippen molar-refractivity contribution >= 4 is 16.8 Å². The SMILES string of the molecule is O=C(c1cc(-c2cccnc2)nc2ccccc12)N1CCN(Cc2ccncc2)CC1. The van der Waals surface area contributed by atoms with Gasteiger partial charge < -0.3 is 4.90 Å². The first-order chi connectivity index (χ1) is 15.3. The van der Waals surface area contributed by atoms with E-state index in [-0.39, 0.29) is 5.91 Å². The molecule has 0 spiro atoms. The molecule has 0 saturated carbocycles. The Labute approximate surface area is 181 Å². The average Bonchev–Trinajstić information content (AvgIpc) is 2.84. The molecule has 1 aliphatic heterocycles. The number of nitrogens with zero attached hydrogens (tertiary/aromatic N) is 5. The van der Waals surface area contributed by atoms with E-state index < -0.39 is 0 Å². The molecule has 1 aliphatic rings. The molecular formula is C25H23N5O. The Morgan fingerprint density at radius 2 is 1.68 bits per heavy atom. The third-order valence-corrected chi connectivity index (χ3v) is 5.72. The van der Waals surface area contributed by atoms with Crippen molar-refractivity contribution in [3.63, 3.8) is 0 Å². The maximum atomic E-state index is 13.5. The first-order valence-corrected chi connectivity index (χ1v) is 10.5. The molecule has 4 aromatic rings. The zero-order valence-corrected chi connectivity index (χ0v) is 17.2. The van der Waals surface area contributed by atoms with E-state index in [2.05, 4.69) is 14.9 Å². The van der Waals surface area contributed by atoms with Crippen LogP contribution in [0.1, 0.15) is 15.9 Å². The average molecular weight is 409 g/mol. The van der Waals surface area contributed by atoms with E-state index in [0.717, 1.165) is 41.8 Å². The summed E-state index contributed by atoms with van der Waals surface area (Å²) in [5.74, 6) is 0.0623. The Hall–Kier alpha value is -3.64. The topological polar surface area (TPSA) is 62.2 Å². The van der Waals surface area contributed by atoms with Crippen LogP contribution >= 0.6 is 0 Å². The maximum absolute atomic E-state index is 13.5. The van der Waals surface area contributed by atoms with Crippen LogP contribution in [0.2, 0.25) is 0 Å². The fraction of sp³-hybridized carbons (Fsp3) is 0.200. The van der Waals surface area contributed by atoms with Gasteiger partial charge in [-0.2, -0.15) is 0 Å². The second-order valence-corrected chi connectivity index (χ2v) is 7.74. The van der Waals surface area contributed by atoms with Crippen LogP contribution in [0.25, 0.3) is 22.2 Å². The number of amides is 1. The summed E-state index contributed by atoms with van der Waals surface area (Å²) in [4.78, 5) is 30.9. The number of hydrogen-bond acceptors (Lipinski definition) is 5. The number of benzene rings is 1. The predicted molar refractivity (Wildman–Crippen MR) is 120 cm³/mol. The van der Waals surface area contributed by atoms with Gasteiger partial charge in [0, 0.05) is 68.5 Å². The number of pyridine rings is 3. The number of hydrogen-bond donors (Lipinski definition) is 0. The summed E-state index contributed by atoms with van der Waals surface area (Å²) in [7, 11) is 0. The Morgan fingerprint density at radius 1 is 0.871 bits per heavy atom. The van der Waals surface area contributed by atoms with Crippen LogP contribution in [-0.2, 0) is 6.54 Å². The third-order valence-electron chi connectivity index (χ3n) is 5.72. The van der Waals surface area contributed by atoms with E-state index in [4.69, 9.17) is 4.98 Å². The minimum Gasteiger partial charge on any atom is -0.336 e. The van der Waals surface area contributed by atoms with Crippen molar-refractivity contribution in [3.8, 4) is 11.3 Å². The molecule has 0 atom stereocenters. The van der Waals surface area contributed by atoms with Crippen molar-refractivity contribution in [2.75, 3.05) is 26.2 Å². The highest BCUT2D eigenvalue weighted by molar-refractivity contribution is 6.07. The van der Waals surface area contributed by atoms with Crippen LogP contribution in [0.15, 0.2) is 79.4 Å². The largest absolute Gasteiger partial charge is 0.336 e. The second kappa shape index (κ2) is 8.62. The minimum absolute atomic E-state index is 0.0623. The second-order valence-electron chi connectivity index (χ2n) is 7.74. The molecule has 0 radical (unpaired) electrons. The Balaban J connectivity index is 1.38. The van der Waals surface area contributed by atoms with E-state index in [9.17, 15) is 4.79 Å². The monoisotopic (exact) mass is 409 g/mol. The van der Waals surface area contributed by atoms with Gasteiger partial charge in [-0.25, -0.2) is 4.98 Å². The molecule has 1 fully saturated rings. The standard InChI is InChI=1S/C25H23N5O/c31-25(30-14-12-29(13-15-30)18-19-7-10-26-11-8-19)22-16-24(20-4-3-9-27-17-20)28-23-6-2-1-5-21(22)23/h1-11,16-17H,12-15,18H2. The van der Waals surface area contributed by atoms with Gasteiger partial charge in [-0.05, 0) is 42.0 Å². The summed E-state index contributed by atoms with van der Waals surface area (Å²) < 4.78 is 0. The molecule has 5 rings (SSSR count). The fourth-order valence-corrected chi connectivity index (χ4v) is 4.04. The Bertz CT molecular complexity index is 1190. The molecular weight excluding hydrogens is 386 g/mol. The van der Waals surface area contributed by atoms with Crippen LogP contribution in [0.4, 0.5) is 0 Å². The molecule has 0 aliphatic carbocycles. The van der Waals surface area contributed by atoms with E-state index in [1.165, 1.54) is 5.56 Å². The van der Waals surface area contributed by atoms with Crippen molar-refractivity contribution in [3.05, 3.63) is 90.5 Å². The predicted octanol–water partition coefficient (Wildman–Crippen LogP) is 3.65. The lowest BCUT2D eigenvalue weighted by molar-refractivity contribution is 0.0630. The fourth-order valence-electron chi connectivity index (χ4n) is 4.04. The molecule has 6 nitrogen and oxygen atoms in total. The molecule has 3 aromatic heterocycles. The van der Waals surface area contributed by atoms with Gasteiger partial charge in [-0.1, -0.05) is 18.2 Å². The summed E-state index contributed by atoms with van der Waals surface area (Å²) in [5.41, 5.74) is 4.45. The van der Waals surface area contributed by atoms with Gasteiger partial charge in [0.15, 0.2) is 0 Å². The van der Waals surface area contributed by atoms with E-state index >= 15 is 0 Å². The van der Waals surface area contributed by atoms with Crippen LogP contribution in [0, 0.1) is 0 Å². The number of fused-ring (bicyclic) bond motifs is 1. The van der Waals surface area contributed by atoms with E-state index in [1.807, 2.05) is 71.9 Å². The van der Waals surface area contributed by atoms with Crippen molar-refractivity contribution in [2.24, 2.45) is 0 Å². The molecule has 6 heteroatoms. The molecule has 0 bridgehead atoms. The summed E-state index contributed by atoms with van der Waals surface area (Å²) >= 11 is 0. The van der Waals surface area contributed by atoms with Gasteiger partial charge in [-0.3, -0.25) is 19.7 Å². The zero-order valence-electron chi connectivity index (χ0n) is 17.2. The summed E-state index contributed by atoms with van der Waals surface area (Å²) in [6, 6.07) is 17.7. The van der Waals surface area contributed by atoms with Crippen LogP contribution in [0.5, 0.6) is 0 Å². The number of aromatic nitrogens is 3. The van der Waals surface area contributed by atoms with Crippen molar-refractivity contribution in [2.45, 2.75) is 6.54 Å². The van der Waals surface area contributed by atoms with Gasteiger partial charge in [0.1, 0.15) is 0 Å². The minimum atomic E-state index is 0.0623. The van der Waals surface area contributed by atoms with Gasteiger partial charge in [0.25, 0.3) is 5.91 Å². The first-order valence-electron chi connectivity index (χ1n) is 10.5. The summed E-state index contributed by atoms with van der Waals surface area (Å²) in [6.45, 7) is 4.01. The first kappa shape index (κ1) is 19.3. The highest BCUT2D eigenvalue weighted by atomic mass is 16.2. The number of carbonyl (C=O) groups excluding carboxylic acids is 1. The van der Waals surface area contributed by atoms with E-state index in [1.54, 1.807) is 12.4 Å². The molecule has 1 saturated heterocycles. The van der Waals surface area contributed by atoms with Crippen LogP contribution in [-0.4, -0.2) is 56.8 Å². The Kier molecular flexibility index (Phi) is 5.37. The van der Waals surface area contributed by atoms with Gasteiger partial charge in [0.05, 0.1) is 16.8 Å². The molecule has 154 valence electrons. The van der Waals surface area contributed by atoms with Gasteiger partial charge >= 0.3 is 0 Å². The Morgan fingerprint density at radius 3 is 2.45 bits per heavy atom. The van der Waals surface area contributed by atoms with Gasteiger partial charge in [-0.15, -0.1) is 0 Å². The molecule has 1 aromatic carbocycles. The normalized spacial score (nSPS) is 14.6.